The van der Waals surface area contributed by atoms with Crippen LogP contribution in [0, 0.1) is 0 Å². The lowest BCUT2D eigenvalue weighted by molar-refractivity contribution is -0.116. The molecule has 4 aromatic rings. The van der Waals surface area contributed by atoms with Gasteiger partial charge in [-0.15, -0.1) is 11.8 Å². The largest absolute Gasteiger partial charge is 0.311 e. The summed E-state index contributed by atoms with van der Waals surface area (Å²) in [6.45, 7) is 2.88. The van der Waals surface area contributed by atoms with E-state index in [1.807, 2.05) is 83.4 Å². The zero-order valence-electron chi connectivity index (χ0n) is 18.2. The monoisotopic (exact) mass is 473 g/mol. The zero-order valence-corrected chi connectivity index (χ0v) is 19.8. The summed E-state index contributed by atoms with van der Waals surface area (Å²) in [7, 11) is 0. The van der Waals surface area contributed by atoms with Crippen molar-refractivity contribution in [3.05, 3.63) is 89.2 Å². The van der Waals surface area contributed by atoms with Crippen molar-refractivity contribution in [1.29, 1.82) is 0 Å². The van der Waals surface area contributed by atoms with Crippen LogP contribution in [0.25, 0.3) is 16.6 Å². The summed E-state index contributed by atoms with van der Waals surface area (Å²) in [4.78, 5) is 34.5. The van der Waals surface area contributed by atoms with Crippen LogP contribution in [0.4, 0.5) is 5.69 Å². The fraction of sp³-hybridized carbons (Fsp3) is 0.192. The molecule has 0 unspecified atom stereocenters. The van der Waals surface area contributed by atoms with Crippen molar-refractivity contribution in [3.63, 3.8) is 0 Å². The average Bonchev–Trinajstić information content (AvgIpc) is 3.01. The van der Waals surface area contributed by atoms with E-state index < -0.39 is 0 Å². The minimum atomic E-state index is -0.132. The minimum absolute atomic E-state index is 0.0177. The van der Waals surface area contributed by atoms with Gasteiger partial charge in [-0.3, -0.25) is 14.2 Å². The second-order valence-corrected chi connectivity index (χ2v) is 10.3. The highest BCUT2D eigenvalue weighted by Crippen LogP contribution is 2.37. The summed E-state index contributed by atoms with van der Waals surface area (Å²) in [5, 5.41) is 1.52. The minimum Gasteiger partial charge on any atom is -0.311 e. The van der Waals surface area contributed by atoms with Gasteiger partial charge in [0.1, 0.15) is 0 Å². The average molecular weight is 474 g/mol. The zero-order chi connectivity index (χ0) is 22.8. The summed E-state index contributed by atoms with van der Waals surface area (Å²) in [5.74, 6) is 0.217. The number of benzene rings is 3. The topological polar surface area (TPSA) is 55.2 Å². The van der Waals surface area contributed by atoms with Crippen molar-refractivity contribution < 1.29 is 4.79 Å². The van der Waals surface area contributed by atoms with Crippen LogP contribution in [0.2, 0.25) is 0 Å². The number of hydrogen-bond donors (Lipinski definition) is 0. The van der Waals surface area contributed by atoms with Crippen LogP contribution in [0.1, 0.15) is 13.3 Å². The number of aromatic nitrogens is 2. The Morgan fingerprint density at radius 2 is 1.76 bits per heavy atom. The van der Waals surface area contributed by atoms with Gasteiger partial charge >= 0.3 is 0 Å². The van der Waals surface area contributed by atoms with Gasteiger partial charge in [-0.1, -0.05) is 61.2 Å². The van der Waals surface area contributed by atoms with Gasteiger partial charge in [0.25, 0.3) is 5.56 Å². The molecule has 0 bridgehead atoms. The molecule has 1 aromatic heterocycles. The van der Waals surface area contributed by atoms with Crippen LogP contribution in [-0.2, 0) is 4.79 Å². The molecule has 166 valence electrons. The summed E-state index contributed by atoms with van der Waals surface area (Å²) in [6, 6.07) is 24.9. The number of fused-ring (bicyclic) bond motifs is 2. The number of amides is 1. The summed E-state index contributed by atoms with van der Waals surface area (Å²) >= 11 is 3.12. The van der Waals surface area contributed by atoms with Crippen molar-refractivity contribution >= 4 is 46.0 Å². The lowest BCUT2D eigenvalue weighted by Crippen LogP contribution is -2.34. The molecular weight excluding hydrogens is 450 g/mol. The fourth-order valence-electron chi connectivity index (χ4n) is 3.96. The van der Waals surface area contributed by atoms with Gasteiger partial charge in [0.15, 0.2) is 5.16 Å². The standard InChI is InChI=1S/C26H23N3O2S2/c1-18-15-16-28(22-13-7-8-14-23(22)33-18)24(30)17-32-26-27-21-12-6-5-11-20(21)25(31)29(26)19-9-3-2-4-10-19/h2-14,18H,15-17H2,1H3/t18-/m1/s1. The van der Waals surface area contributed by atoms with Gasteiger partial charge in [-0.25, -0.2) is 4.98 Å². The van der Waals surface area contributed by atoms with E-state index in [-0.39, 0.29) is 17.2 Å². The maximum absolute atomic E-state index is 13.4. The van der Waals surface area contributed by atoms with Gasteiger partial charge in [-0.2, -0.15) is 0 Å². The van der Waals surface area contributed by atoms with Gasteiger partial charge in [-0.05, 0) is 42.8 Å². The lowest BCUT2D eigenvalue weighted by Gasteiger charge is -2.22. The van der Waals surface area contributed by atoms with Gasteiger partial charge in [0, 0.05) is 16.7 Å². The first-order chi connectivity index (χ1) is 16.1. The van der Waals surface area contributed by atoms with Crippen molar-refractivity contribution in [2.24, 2.45) is 0 Å². The van der Waals surface area contributed by atoms with Gasteiger partial charge in [0.2, 0.25) is 5.91 Å². The number of para-hydroxylation sites is 3. The Morgan fingerprint density at radius 1 is 1.03 bits per heavy atom. The summed E-state index contributed by atoms with van der Waals surface area (Å²) in [5.41, 5.74) is 2.20. The highest BCUT2D eigenvalue weighted by Gasteiger charge is 2.25. The molecule has 0 fully saturated rings. The Bertz CT molecular complexity index is 1370. The van der Waals surface area contributed by atoms with Crippen LogP contribution in [-0.4, -0.2) is 33.0 Å². The SMILES string of the molecule is C[C@@H]1CCN(C(=O)CSc2nc3ccccc3c(=O)n2-c2ccccc2)c2ccccc2S1. The first-order valence-electron chi connectivity index (χ1n) is 10.9. The second-order valence-electron chi connectivity index (χ2n) is 7.91. The molecule has 5 rings (SSSR count). The quantitative estimate of drug-likeness (QED) is 0.294. The number of anilines is 1. The third kappa shape index (κ3) is 4.43. The van der Waals surface area contributed by atoms with Gasteiger partial charge < -0.3 is 4.90 Å². The first-order valence-corrected chi connectivity index (χ1v) is 12.7. The molecule has 2 heterocycles. The van der Waals surface area contributed by atoms with Crippen LogP contribution in [0.15, 0.2) is 93.7 Å². The molecular formula is C26H23N3O2S2. The van der Waals surface area contributed by atoms with Crippen LogP contribution >= 0.6 is 23.5 Å². The van der Waals surface area contributed by atoms with E-state index in [0.29, 0.717) is 27.9 Å². The van der Waals surface area contributed by atoms with E-state index in [9.17, 15) is 9.59 Å². The van der Waals surface area contributed by atoms with Crippen molar-refractivity contribution in [1.82, 2.24) is 9.55 Å². The number of carbonyl (C=O) groups is 1. The Hall–Kier alpha value is -3.03. The normalized spacial score (nSPS) is 15.8. The number of hydrogen-bond acceptors (Lipinski definition) is 5. The van der Waals surface area contributed by atoms with Crippen LogP contribution < -0.4 is 10.5 Å². The van der Waals surface area contributed by atoms with E-state index in [2.05, 4.69) is 13.0 Å². The maximum atomic E-state index is 13.4. The smallest absolute Gasteiger partial charge is 0.266 e. The molecule has 33 heavy (non-hydrogen) atoms. The first kappa shape index (κ1) is 21.8. The summed E-state index contributed by atoms with van der Waals surface area (Å²) < 4.78 is 1.61. The third-order valence-corrected chi connectivity index (χ3v) is 7.79. The molecule has 1 atom stereocenters. The molecule has 1 aliphatic rings. The maximum Gasteiger partial charge on any atom is 0.266 e. The Balaban J connectivity index is 1.49. The van der Waals surface area contributed by atoms with Crippen LogP contribution in [0.3, 0.4) is 0 Å². The molecule has 0 aliphatic carbocycles. The van der Waals surface area contributed by atoms with E-state index in [1.165, 1.54) is 11.8 Å². The van der Waals surface area contributed by atoms with E-state index in [4.69, 9.17) is 4.98 Å². The third-order valence-electron chi connectivity index (χ3n) is 5.63. The molecule has 1 aliphatic heterocycles. The molecule has 0 N–H and O–H groups in total. The van der Waals surface area contributed by atoms with Crippen molar-refractivity contribution in [2.75, 3.05) is 17.2 Å². The Morgan fingerprint density at radius 3 is 2.61 bits per heavy atom. The predicted octanol–water partition coefficient (Wildman–Crippen LogP) is 5.40. The number of carbonyl (C=O) groups excluding carboxylic acids is 1. The number of nitrogens with zero attached hydrogens (tertiary/aromatic N) is 3. The van der Waals surface area contributed by atoms with E-state index >= 15 is 0 Å². The fourth-order valence-corrected chi connectivity index (χ4v) is 5.97. The Kier molecular flexibility index (Phi) is 6.24. The second kappa shape index (κ2) is 9.45. The van der Waals surface area contributed by atoms with Crippen molar-refractivity contribution in [3.8, 4) is 5.69 Å². The molecule has 0 saturated carbocycles. The molecule has 3 aromatic carbocycles. The highest BCUT2D eigenvalue weighted by atomic mass is 32.2. The Labute approximate surface area is 200 Å². The predicted molar refractivity (Wildman–Crippen MR) is 137 cm³/mol. The number of rotatable bonds is 4. The van der Waals surface area contributed by atoms with Gasteiger partial charge in [0.05, 0.1) is 28.0 Å². The van der Waals surface area contributed by atoms with E-state index in [0.717, 1.165) is 22.7 Å². The number of thioether (sulfide) groups is 2. The molecule has 5 nitrogen and oxygen atoms in total. The molecule has 1 amide bonds. The molecule has 0 spiro atoms. The summed E-state index contributed by atoms with van der Waals surface area (Å²) in [6.07, 6.45) is 0.929. The lowest BCUT2D eigenvalue weighted by atomic mass is 10.2. The van der Waals surface area contributed by atoms with Crippen LogP contribution in [0.5, 0.6) is 0 Å². The molecule has 0 radical (unpaired) electrons. The highest BCUT2D eigenvalue weighted by molar-refractivity contribution is 8.00. The van der Waals surface area contributed by atoms with E-state index in [1.54, 1.807) is 10.6 Å². The molecule has 7 heteroatoms. The van der Waals surface area contributed by atoms with Crippen molar-refractivity contribution in [2.45, 2.75) is 28.6 Å². The molecule has 0 saturated heterocycles.